The lowest BCUT2D eigenvalue weighted by Crippen LogP contribution is -2.41. The molecule has 0 aromatic heterocycles. The van der Waals surface area contributed by atoms with E-state index < -0.39 is 35.2 Å². The molecule has 0 unspecified atom stereocenters. The van der Waals surface area contributed by atoms with Crippen LogP contribution in [0.2, 0.25) is 0 Å². The first-order valence-electron chi connectivity index (χ1n) is 8.37. The lowest BCUT2D eigenvalue weighted by molar-refractivity contribution is -0.154. The Bertz CT molecular complexity index is 666. The highest BCUT2D eigenvalue weighted by atomic mass is 16.5. The van der Waals surface area contributed by atoms with Crippen molar-refractivity contribution < 1.29 is 23.9 Å². The highest BCUT2D eigenvalue weighted by molar-refractivity contribution is 6.25. The van der Waals surface area contributed by atoms with Crippen LogP contribution in [0.15, 0.2) is 24.3 Å². The Morgan fingerprint density at radius 3 is 2.12 bits per heavy atom. The van der Waals surface area contributed by atoms with E-state index in [1.54, 1.807) is 19.1 Å². The lowest BCUT2D eigenvalue weighted by atomic mass is 9.76. The van der Waals surface area contributed by atoms with Crippen LogP contribution in [0.5, 0.6) is 0 Å². The average Bonchev–Trinajstić information content (AvgIpc) is 3.39. The van der Waals surface area contributed by atoms with E-state index >= 15 is 0 Å². The molecule has 1 aromatic carbocycles. The van der Waals surface area contributed by atoms with Crippen LogP contribution in [0.1, 0.15) is 54.4 Å². The van der Waals surface area contributed by atoms with E-state index in [4.69, 9.17) is 4.74 Å². The molecule has 0 atom stereocenters. The number of ether oxygens (including phenoxy) is 1. The molecule has 0 radical (unpaired) electrons. The van der Waals surface area contributed by atoms with Gasteiger partial charge in [-0.2, -0.15) is 0 Å². The largest absolute Gasteiger partial charge is 0.466 e. The molecule has 0 amide bonds. The number of hydrogen-bond acceptors (Lipinski definition) is 5. The molecule has 3 rings (SSSR count). The second-order valence-electron chi connectivity index (χ2n) is 6.48. The molecule has 5 heteroatoms. The molecule has 2 aliphatic rings. The normalized spacial score (nSPS) is 23.9. The third-order valence-electron chi connectivity index (χ3n) is 4.67. The molecule has 0 saturated heterocycles. The van der Waals surface area contributed by atoms with Crippen molar-refractivity contribution in [2.45, 2.75) is 38.5 Å². The zero-order chi connectivity index (χ0) is 17.3. The van der Waals surface area contributed by atoms with Gasteiger partial charge in [-0.25, -0.2) is 0 Å². The van der Waals surface area contributed by atoms with Gasteiger partial charge < -0.3 is 4.74 Å². The Kier molecular flexibility index (Phi) is 4.60. The van der Waals surface area contributed by atoms with Crippen LogP contribution in [0.25, 0.3) is 0 Å². The standard InChI is InChI=1S/C19H20O5/c1-2-24-19(23)14-9-15(20)17(16(21)10-14)18(22)13-7-5-12(6-8-13)11-3-4-11/h5-8,11,14,17H,2-4,9-10H2,1H3. The maximum atomic E-state index is 12.6. The van der Waals surface area contributed by atoms with Crippen molar-refractivity contribution in [3.8, 4) is 0 Å². The molecule has 126 valence electrons. The highest BCUT2D eigenvalue weighted by Crippen LogP contribution is 2.40. The van der Waals surface area contributed by atoms with Gasteiger partial charge in [-0.3, -0.25) is 19.2 Å². The maximum absolute atomic E-state index is 12.6. The summed E-state index contributed by atoms with van der Waals surface area (Å²) in [6.07, 6.45) is 2.12. The molecule has 1 aromatic rings. The minimum absolute atomic E-state index is 0.110. The summed E-state index contributed by atoms with van der Waals surface area (Å²) in [5, 5.41) is 0. The van der Waals surface area contributed by atoms with Gasteiger partial charge in [0.1, 0.15) is 5.92 Å². The van der Waals surface area contributed by atoms with E-state index in [2.05, 4.69) is 0 Å². The van der Waals surface area contributed by atoms with Gasteiger partial charge in [0.05, 0.1) is 12.5 Å². The van der Waals surface area contributed by atoms with E-state index in [0.29, 0.717) is 11.5 Å². The number of ketones is 3. The second-order valence-corrected chi connectivity index (χ2v) is 6.48. The monoisotopic (exact) mass is 328 g/mol. The summed E-state index contributed by atoms with van der Waals surface area (Å²) >= 11 is 0. The number of carbonyl (C=O) groups is 4. The number of rotatable bonds is 5. The Morgan fingerprint density at radius 2 is 1.62 bits per heavy atom. The maximum Gasteiger partial charge on any atom is 0.309 e. The van der Waals surface area contributed by atoms with Crippen molar-refractivity contribution in [3.63, 3.8) is 0 Å². The molecule has 0 bridgehead atoms. The summed E-state index contributed by atoms with van der Waals surface area (Å²) in [5.74, 6) is -3.43. The van der Waals surface area contributed by atoms with Crippen molar-refractivity contribution in [2.75, 3.05) is 6.61 Å². The SMILES string of the molecule is CCOC(=O)C1CC(=O)C(C(=O)c2ccc(C3CC3)cc2)C(=O)C1. The molecule has 2 fully saturated rings. The zero-order valence-electron chi connectivity index (χ0n) is 13.6. The van der Waals surface area contributed by atoms with Gasteiger partial charge in [0, 0.05) is 18.4 Å². The number of esters is 1. The van der Waals surface area contributed by atoms with Crippen LogP contribution in [-0.2, 0) is 19.1 Å². The van der Waals surface area contributed by atoms with Gasteiger partial charge in [0.15, 0.2) is 17.3 Å². The van der Waals surface area contributed by atoms with Crippen LogP contribution in [-0.4, -0.2) is 29.9 Å². The van der Waals surface area contributed by atoms with Gasteiger partial charge in [-0.15, -0.1) is 0 Å². The van der Waals surface area contributed by atoms with Gasteiger partial charge in [0.2, 0.25) is 0 Å². The van der Waals surface area contributed by atoms with Crippen molar-refractivity contribution in [3.05, 3.63) is 35.4 Å². The predicted molar refractivity (Wildman–Crippen MR) is 85.6 cm³/mol. The van der Waals surface area contributed by atoms with Gasteiger partial charge in [0.25, 0.3) is 0 Å². The summed E-state index contributed by atoms with van der Waals surface area (Å²) in [6.45, 7) is 1.87. The van der Waals surface area contributed by atoms with E-state index in [1.807, 2.05) is 12.1 Å². The second kappa shape index (κ2) is 6.67. The predicted octanol–water partition coefficient (Wildman–Crippen LogP) is 2.47. The van der Waals surface area contributed by atoms with Gasteiger partial charge >= 0.3 is 5.97 Å². The molecule has 24 heavy (non-hydrogen) atoms. The fraction of sp³-hybridized carbons (Fsp3) is 0.474. The van der Waals surface area contributed by atoms with Crippen molar-refractivity contribution in [1.29, 1.82) is 0 Å². The Hall–Kier alpha value is -2.30. The minimum Gasteiger partial charge on any atom is -0.466 e. The Balaban J connectivity index is 1.71. The fourth-order valence-corrected chi connectivity index (χ4v) is 3.20. The number of Topliss-reactive ketones (excluding diaryl/α,β-unsaturated/α-hetero) is 3. The van der Waals surface area contributed by atoms with E-state index in [9.17, 15) is 19.2 Å². The molecule has 0 aliphatic heterocycles. The summed E-state index contributed by atoms with van der Waals surface area (Å²) in [5.41, 5.74) is 1.57. The summed E-state index contributed by atoms with van der Waals surface area (Å²) in [4.78, 5) is 48.8. The number of carbonyl (C=O) groups excluding carboxylic acids is 4. The number of hydrogen-bond donors (Lipinski definition) is 0. The van der Waals surface area contributed by atoms with E-state index in [1.165, 1.54) is 18.4 Å². The zero-order valence-corrected chi connectivity index (χ0v) is 13.6. The molecule has 2 saturated carbocycles. The lowest BCUT2D eigenvalue weighted by Gasteiger charge is -2.24. The molecule has 0 heterocycles. The van der Waals surface area contributed by atoms with Crippen LogP contribution < -0.4 is 0 Å². The molecule has 5 nitrogen and oxygen atoms in total. The first kappa shape index (κ1) is 16.6. The third kappa shape index (κ3) is 3.30. The van der Waals surface area contributed by atoms with Crippen LogP contribution in [0.4, 0.5) is 0 Å². The molecule has 0 spiro atoms. The Morgan fingerprint density at radius 1 is 1.04 bits per heavy atom. The first-order chi connectivity index (χ1) is 11.5. The van der Waals surface area contributed by atoms with Crippen LogP contribution in [0, 0.1) is 11.8 Å². The van der Waals surface area contributed by atoms with Crippen LogP contribution in [0.3, 0.4) is 0 Å². The summed E-state index contributed by atoms with van der Waals surface area (Å²) < 4.78 is 4.87. The van der Waals surface area contributed by atoms with Crippen molar-refractivity contribution in [2.24, 2.45) is 11.8 Å². The smallest absolute Gasteiger partial charge is 0.309 e. The van der Waals surface area contributed by atoms with Crippen molar-refractivity contribution in [1.82, 2.24) is 0 Å². The van der Waals surface area contributed by atoms with Crippen LogP contribution >= 0.6 is 0 Å². The molecular formula is C19H20O5. The quantitative estimate of drug-likeness (QED) is 0.471. The van der Waals surface area contributed by atoms with Gasteiger partial charge in [-0.05, 0) is 31.2 Å². The third-order valence-corrected chi connectivity index (χ3v) is 4.67. The molecular weight excluding hydrogens is 308 g/mol. The highest BCUT2D eigenvalue weighted by Gasteiger charge is 2.43. The fourth-order valence-electron chi connectivity index (χ4n) is 3.20. The number of benzene rings is 1. The van der Waals surface area contributed by atoms with Gasteiger partial charge in [-0.1, -0.05) is 24.3 Å². The first-order valence-corrected chi connectivity index (χ1v) is 8.37. The topological polar surface area (TPSA) is 77.5 Å². The van der Waals surface area contributed by atoms with E-state index in [-0.39, 0.29) is 19.4 Å². The average molecular weight is 328 g/mol. The summed E-state index contributed by atoms with van der Waals surface area (Å²) in [6, 6.07) is 7.16. The summed E-state index contributed by atoms with van der Waals surface area (Å²) in [7, 11) is 0. The van der Waals surface area contributed by atoms with Crippen molar-refractivity contribution >= 4 is 23.3 Å². The Labute approximate surface area is 140 Å². The molecule has 0 N–H and O–H groups in total. The molecule has 2 aliphatic carbocycles. The minimum atomic E-state index is -1.28. The van der Waals surface area contributed by atoms with E-state index in [0.717, 1.165) is 0 Å².